The van der Waals surface area contributed by atoms with E-state index in [1.54, 1.807) is 6.07 Å². The number of rotatable bonds is 3. The molecule has 0 aliphatic heterocycles. The molecule has 0 spiro atoms. The molecule has 18 heavy (non-hydrogen) atoms. The summed E-state index contributed by atoms with van der Waals surface area (Å²) < 4.78 is 39.4. The van der Waals surface area contributed by atoms with Crippen molar-refractivity contribution in [1.29, 1.82) is 0 Å². The molecule has 0 aromatic heterocycles. The van der Waals surface area contributed by atoms with Crippen LogP contribution in [-0.4, -0.2) is 0 Å². The minimum atomic E-state index is -0.906. The van der Waals surface area contributed by atoms with E-state index in [0.29, 0.717) is 5.69 Å². The fourth-order valence-corrected chi connectivity index (χ4v) is 1.61. The van der Waals surface area contributed by atoms with Crippen molar-refractivity contribution >= 4 is 17.3 Å². The fraction of sp³-hybridized carbons (Fsp3) is 0.0769. The smallest absolute Gasteiger partial charge is 0.163 e. The lowest BCUT2D eigenvalue weighted by atomic mass is 10.2. The summed E-state index contributed by atoms with van der Waals surface area (Å²) in [7, 11) is 0. The second-order valence-corrected chi connectivity index (χ2v) is 4.10. The van der Waals surface area contributed by atoms with Crippen molar-refractivity contribution in [3.05, 3.63) is 64.4 Å². The number of hydrogen-bond acceptors (Lipinski definition) is 1. The van der Waals surface area contributed by atoms with Crippen molar-refractivity contribution in [2.24, 2.45) is 0 Å². The van der Waals surface area contributed by atoms with Gasteiger partial charge in [0.2, 0.25) is 0 Å². The third kappa shape index (κ3) is 2.76. The lowest BCUT2D eigenvalue weighted by molar-refractivity contribution is 0.500. The van der Waals surface area contributed by atoms with E-state index in [1.165, 1.54) is 24.3 Å². The first kappa shape index (κ1) is 12.8. The van der Waals surface area contributed by atoms with Gasteiger partial charge in [0.15, 0.2) is 11.6 Å². The summed E-state index contributed by atoms with van der Waals surface area (Å²) in [6.07, 6.45) is 0. The third-order valence-electron chi connectivity index (χ3n) is 2.43. The molecular weight excluding hydrogens is 263 g/mol. The summed E-state index contributed by atoms with van der Waals surface area (Å²) in [6.45, 7) is 0.0602. The maximum Gasteiger partial charge on any atom is 0.163 e. The van der Waals surface area contributed by atoms with Crippen LogP contribution in [0.3, 0.4) is 0 Å². The van der Waals surface area contributed by atoms with Crippen molar-refractivity contribution in [3.63, 3.8) is 0 Å². The molecule has 2 rings (SSSR count). The first-order valence-electron chi connectivity index (χ1n) is 5.20. The number of hydrogen-bond donors (Lipinski definition) is 1. The lowest BCUT2D eigenvalue weighted by Crippen LogP contribution is -2.03. The van der Waals surface area contributed by atoms with Crippen molar-refractivity contribution in [2.75, 3.05) is 5.32 Å². The quantitative estimate of drug-likeness (QED) is 0.874. The molecule has 0 atom stereocenters. The molecule has 0 aliphatic rings. The van der Waals surface area contributed by atoms with Crippen LogP contribution in [-0.2, 0) is 6.54 Å². The van der Waals surface area contributed by atoms with Crippen LogP contribution in [0, 0.1) is 17.5 Å². The summed E-state index contributed by atoms with van der Waals surface area (Å²) in [5.74, 6) is -2.38. The molecule has 5 heteroatoms. The highest BCUT2D eigenvalue weighted by Crippen LogP contribution is 2.20. The molecule has 0 bridgehead atoms. The average Bonchev–Trinajstić information content (AvgIpc) is 2.35. The lowest BCUT2D eigenvalue weighted by Gasteiger charge is -2.08. The maximum atomic E-state index is 13.3. The van der Waals surface area contributed by atoms with Crippen molar-refractivity contribution in [3.8, 4) is 0 Å². The zero-order valence-corrected chi connectivity index (χ0v) is 9.94. The van der Waals surface area contributed by atoms with Gasteiger partial charge >= 0.3 is 0 Å². The van der Waals surface area contributed by atoms with Crippen LogP contribution >= 0.6 is 11.6 Å². The minimum Gasteiger partial charge on any atom is -0.381 e. The van der Waals surface area contributed by atoms with E-state index in [4.69, 9.17) is 11.6 Å². The van der Waals surface area contributed by atoms with Gasteiger partial charge in [0, 0.05) is 17.8 Å². The van der Waals surface area contributed by atoms with E-state index < -0.39 is 17.5 Å². The van der Waals surface area contributed by atoms with Gasteiger partial charge in [-0.2, -0.15) is 0 Å². The Morgan fingerprint density at radius 1 is 1.00 bits per heavy atom. The first-order chi connectivity index (χ1) is 8.58. The van der Waals surface area contributed by atoms with Gasteiger partial charge in [0.25, 0.3) is 0 Å². The summed E-state index contributed by atoms with van der Waals surface area (Å²) in [4.78, 5) is 0. The number of halogens is 4. The summed E-state index contributed by atoms with van der Waals surface area (Å²) in [5.41, 5.74) is 0.617. The standard InChI is InChI=1S/C13H9ClF3N/c14-10-5-4-9(6-12(10)16)18-7-8-2-1-3-11(15)13(8)17/h1-6,18H,7H2. The van der Waals surface area contributed by atoms with Crippen molar-refractivity contribution in [2.45, 2.75) is 6.54 Å². The van der Waals surface area contributed by atoms with Crippen LogP contribution in [0.1, 0.15) is 5.56 Å². The molecule has 2 aromatic rings. The van der Waals surface area contributed by atoms with Gasteiger partial charge in [-0.25, -0.2) is 13.2 Å². The Hall–Kier alpha value is -1.68. The monoisotopic (exact) mass is 271 g/mol. The average molecular weight is 272 g/mol. The van der Waals surface area contributed by atoms with E-state index >= 15 is 0 Å². The van der Waals surface area contributed by atoms with Gasteiger partial charge in [-0.3, -0.25) is 0 Å². The Labute approximate surface area is 107 Å². The van der Waals surface area contributed by atoms with Crippen LogP contribution in [0.2, 0.25) is 5.02 Å². The van der Waals surface area contributed by atoms with Gasteiger partial charge in [-0.05, 0) is 24.3 Å². The van der Waals surface area contributed by atoms with Crippen LogP contribution in [0.4, 0.5) is 18.9 Å². The second-order valence-electron chi connectivity index (χ2n) is 3.70. The highest BCUT2D eigenvalue weighted by Gasteiger charge is 2.07. The third-order valence-corrected chi connectivity index (χ3v) is 2.74. The second kappa shape index (κ2) is 5.31. The van der Waals surface area contributed by atoms with Crippen LogP contribution in [0.25, 0.3) is 0 Å². The molecule has 0 saturated carbocycles. The minimum absolute atomic E-state index is 0.0116. The molecule has 1 nitrogen and oxygen atoms in total. The van der Waals surface area contributed by atoms with Gasteiger partial charge in [-0.1, -0.05) is 23.7 Å². The summed E-state index contributed by atoms with van der Waals surface area (Å²) >= 11 is 5.53. The molecule has 1 N–H and O–H groups in total. The highest BCUT2D eigenvalue weighted by molar-refractivity contribution is 6.30. The Balaban J connectivity index is 2.11. The molecule has 0 heterocycles. The van der Waals surface area contributed by atoms with Gasteiger partial charge < -0.3 is 5.32 Å². The maximum absolute atomic E-state index is 13.3. The van der Waals surface area contributed by atoms with Crippen LogP contribution < -0.4 is 5.32 Å². The number of benzene rings is 2. The molecule has 0 fully saturated rings. The summed E-state index contributed by atoms with van der Waals surface area (Å²) in [5, 5.41) is 2.80. The highest BCUT2D eigenvalue weighted by atomic mass is 35.5. The van der Waals surface area contributed by atoms with Crippen molar-refractivity contribution in [1.82, 2.24) is 0 Å². The molecule has 94 valence electrons. The Morgan fingerprint density at radius 3 is 2.50 bits per heavy atom. The Morgan fingerprint density at radius 2 is 1.78 bits per heavy atom. The van der Waals surface area contributed by atoms with E-state index in [-0.39, 0.29) is 17.1 Å². The Kier molecular flexibility index (Phi) is 3.77. The number of nitrogens with one attached hydrogen (secondary N) is 1. The molecule has 0 radical (unpaired) electrons. The predicted molar refractivity (Wildman–Crippen MR) is 65.1 cm³/mol. The normalized spacial score (nSPS) is 10.4. The topological polar surface area (TPSA) is 12.0 Å². The van der Waals surface area contributed by atoms with E-state index in [1.807, 2.05) is 0 Å². The molecule has 0 saturated heterocycles. The summed E-state index contributed by atoms with van der Waals surface area (Å²) in [6, 6.07) is 8.06. The fourth-order valence-electron chi connectivity index (χ4n) is 1.49. The molecule has 0 unspecified atom stereocenters. The molecule has 0 aliphatic carbocycles. The van der Waals surface area contributed by atoms with Gasteiger partial charge in [0.05, 0.1) is 5.02 Å². The van der Waals surface area contributed by atoms with E-state index in [9.17, 15) is 13.2 Å². The SMILES string of the molecule is Fc1cc(NCc2cccc(F)c2F)ccc1Cl. The van der Waals surface area contributed by atoms with Gasteiger partial charge in [0.1, 0.15) is 5.82 Å². The zero-order valence-electron chi connectivity index (χ0n) is 9.18. The molecular formula is C13H9ClF3N. The van der Waals surface area contributed by atoms with Crippen LogP contribution in [0.5, 0.6) is 0 Å². The van der Waals surface area contributed by atoms with Crippen molar-refractivity contribution < 1.29 is 13.2 Å². The molecule has 0 amide bonds. The molecule has 2 aromatic carbocycles. The van der Waals surface area contributed by atoms with Crippen LogP contribution in [0.15, 0.2) is 36.4 Å². The van der Waals surface area contributed by atoms with E-state index in [2.05, 4.69) is 5.32 Å². The predicted octanol–water partition coefficient (Wildman–Crippen LogP) is 4.37. The van der Waals surface area contributed by atoms with Gasteiger partial charge in [-0.15, -0.1) is 0 Å². The zero-order chi connectivity index (χ0) is 13.1. The first-order valence-corrected chi connectivity index (χ1v) is 5.57. The van der Waals surface area contributed by atoms with E-state index in [0.717, 1.165) is 6.07 Å². The largest absolute Gasteiger partial charge is 0.381 e. The Bertz CT molecular complexity index is 572. The number of anilines is 1.